The Kier molecular flexibility index (Phi) is 37.5. The highest BCUT2D eigenvalue weighted by molar-refractivity contribution is 5.72. The average molecular weight is 809 g/mol. The maximum Gasteiger partial charge on any atom is 0.362 e. The van der Waals surface area contributed by atoms with Crippen LogP contribution in [0.15, 0.2) is 97.2 Å². The lowest BCUT2D eigenvalue weighted by Crippen LogP contribution is -2.50. The molecule has 0 bridgehead atoms. The molecule has 0 radical (unpaired) electrons. The number of ether oxygens (including phenoxy) is 3. The maximum atomic E-state index is 12.7. The number of carbonyl (C=O) groups excluding carboxylic acids is 2. The van der Waals surface area contributed by atoms with Gasteiger partial charge >= 0.3 is 17.9 Å². The molecule has 8 heteroatoms. The van der Waals surface area contributed by atoms with E-state index in [0.717, 1.165) is 83.5 Å². The Labute approximate surface area is 354 Å². The second kappa shape index (κ2) is 40.0. The Morgan fingerprint density at radius 3 is 1.60 bits per heavy atom. The third-order valence-electron chi connectivity index (χ3n) is 9.28. The maximum absolute atomic E-state index is 12.7. The van der Waals surface area contributed by atoms with Gasteiger partial charge in [0.15, 0.2) is 12.1 Å². The van der Waals surface area contributed by atoms with Crippen LogP contribution in [0.4, 0.5) is 0 Å². The van der Waals surface area contributed by atoms with Crippen LogP contribution in [0.2, 0.25) is 0 Å². The van der Waals surface area contributed by atoms with Gasteiger partial charge in [-0.15, -0.1) is 0 Å². The van der Waals surface area contributed by atoms with Crippen LogP contribution in [0, 0.1) is 0 Å². The number of nitrogens with zero attached hydrogens (tertiary/aromatic N) is 1. The summed E-state index contributed by atoms with van der Waals surface area (Å²) in [6, 6.07) is -0.631. The zero-order valence-corrected chi connectivity index (χ0v) is 37.2. The molecule has 0 aromatic carbocycles. The minimum Gasteiger partial charge on any atom is -0.477 e. The standard InChI is InChI=1S/C50H81NO7/c1-6-8-10-12-14-16-18-20-21-22-23-24-25-26-27-29-30-32-34-36-38-40-48(52)57-45-46(44-56-43-42-47(50(54)55)51(3,4)5)58-49(53)41-39-37-35-33-31-28-19-17-15-13-11-9-7-2/h9,11,13-17,19-21,23-24,26-27,30,32,46-47H,6-8,10,12,18,22,25,28-29,31,33-45H2,1-5H3/p+1/b11-9+,15-13+,16-14+,19-17+,21-20+,24-23+,27-26+,32-30+. The lowest BCUT2D eigenvalue weighted by atomic mass is 10.1. The van der Waals surface area contributed by atoms with Crippen molar-refractivity contribution in [2.24, 2.45) is 0 Å². The van der Waals surface area contributed by atoms with Crippen molar-refractivity contribution in [3.63, 3.8) is 0 Å². The fraction of sp³-hybridized carbons (Fsp3) is 0.620. The van der Waals surface area contributed by atoms with E-state index in [4.69, 9.17) is 14.2 Å². The van der Waals surface area contributed by atoms with Gasteiger partial charge in [-0.2, -0.15) is 0 Å². The van der Waals surface area contributed by atoms with Gasteiger partial charge in [0.1, 0.15) is 6.61 Å². The van der Waals surface area contributed by atoms with E-state index in [1.165, 1.54) is 25.7 Å². The second-order valence-corrected chi connectivity index (χ2v) is 15.6. The first-order valence-corrected chi connectivity index (χ1v) is 22.3. The summed E-state index contributed by atoms with van der Waals surface area (Å²) in [5.41, 5.74) is 0. The van der Waals surface area contributed by atoms with Gasteiger partial charge in [-0.3, -0.25) is 9.59 Å². The van der Waals surface area contributed by atoms with Crippen molar-refractivity contribution in [1.82, 2.24) is 0 Å². The molecule has 2 atom stereocenters. The van der Waals surface area contributed by atoms with Gasteiger partial charge < -0.3 is 23.8 Å². The molecule has 58 heavy (non-hydrogen) atoms. The van der Waals surface area contributed by atoms with Gasteiger partial charge in [0.25, 0.3) is 0 Å². The van der Waals surface area contributed by atoms with Crippen LogP contribution in [0.5, 0.6) is 0 Å². The molecule has 0 spiro atoms. The molecule has 328 valence electrons. The molecule has 0 saturated carbocycles. The van der Waals surface area contributed by atoms with Gasteiger partial charge in [-0.25, -0.2) is 4.79 Å². The zero-order valence-electron chi connectivity index (χ0n) is 37.2. The number of carboxylic acid groups (broad SMARTS) is 1. The first kappa shape index (κ1) is 54.2. The van der Waals surface area contributed by atoms with Crippen molar-refractivity contribution in [3.8, 4) is 0 Å². The summed E-state index contributed by atoms with van der Waals surface area (Å²) in [7, 11) is 5.49. The first-order chi connectivity index (χ1) is 28.1. The molecule has 0 aromatic rings. The lowest BCUT2D eigenvalue weighted by Gasteiger charge is -2.31. The number of esters is 2. The van der Waals surface area contributed by atoms with E-state index in [2.05, 4.69) is 98.9 Å². The highest BCUT2D eigenvalue weighted by Gasteiger charge is 2.31. The summed E-state index contributed by atoms with van der Waals surface area (Å²) in [6.45, 7) is 4.48. The molecule has 0 aliphatic rings. The van der Waals surface area contributed by atoms with Crippen molar-refractivity contribution in [3.05, 3.63) is 97.2 Å². The number of likely N-dealkylation sites (N-methyl/N-ethyl adjacent to an activating group) is 1. The Morgan fingerprint density at radius 2 is 1.03 bits per heavy atom. The predicted molar refractivity (Wildman–Crippen MR) is 243 cm³/mol. The van der Waals surface area contributed by atoms with Crippen LogP contribution >= 0.6 is 0 Å². The molecule has 0 aliphatic heterocycles. The number of rotatable bonds is 38. The first-order valence-electron chi connectivity index (χ1n) is 22.3. The smallest absolute Gasteiger partial charge is 0.362 e. The molecule has 0 saturated heterocycles. The Morgan fingerprint density at radius 1 is 0.552 bits per heavy atom. The van der Waals surface area contributed by atoms with E-state index in [-0.39, 0.29) is 36.2 Å². The number of hydrogen-bond acceptors (Lipinski definition) is 6. The van der Waals surface area contributed by atoms with Gasteiger partial charge in [-0.1, -0.05) is 143 Å². The van der Waals surface area contributed by atoms with Crippen molar-refractivity contribution in [1.29, 1.82) is 0 Å². The average Bonchev–Trinajstić information content (AvgIpc) is 3.18. The molecule has 2 unspecified atom stereocenters. The number of carbonyl (C=O) groups is 3. The van der Waals surface area contributed by atoms with Gasteiger partial charge in [0.05, 0.1) is 34.4 Å². The van der Waals surface area contributed by atoms with Crippen LogP contribution in [0.25, 0.3) is 0 Å². The Bertz CT molecular complexity index is 1260. The molecule has 1 N–H and O–H groups in total. The summed E-state index contributed by atoms with van der Waals surface area (Å²) < 4.78 is 17.2. The molecule has 8 nitrogen and oxygen atoms in total. The van der Waals surface area contributed by atoms with Crippen molar-refractivity contribution >= 4 is 17.9 Å². The summed E-state index contributed by atoms with van der Waals surface area (Å²) >= 11 is 0. The van der Waals surface area contributed by atoms with Crippen LogP contribution in [-0.2, 0) is 28.6 Å². The highest BCUT2D eigenvalue weighted by atomic mass is 16.6. The molecule has 0 rings (SSSR count). The topological polar surface area (TPSA) is 99.1 Å². The van der Waals surface area contributed by atoms with E-state index < -0.39 is 18.1 Å². The molecule has 0 amide bonds. The molecule has 0 aliphatic carbocycles. The summed E-state index contributed by atoms with van der Waals surface area (Å²) in [6.07, 6.45) is 53.1. The molecule has 0 aromatic heterocycles. The Hall–Kier alpha value is -3.75. The monoisotopic (exact) mass is 809 g/mol. The third-order valence-corrected chi connectivity index (χ3v) is 9.28. The number of quaternary nitrogens is 1. The molecule has 0 fully saturated rings. The van der Waals surface area contributed by atoms with E-state index in [1.54, 1.807) is 0 Å². The Balaban J connectivity index is 4.44. The number of unbranched alkanes of at least 4 members (excludes halogenated alkanes) is 10. The SMILES string of the molecule is CC/C=C/C=C/C=C/CCCCCCCC(=O)OC(COCCC(C(=O)O)[N+](C)(C)C)COC(=O)CCCC/C=C/C/C=C/C/C=C/C/C=C/C/C=C/CCCCC. The van der Waals surface area contributed by atoms with Gasteiger partial charge in [0, 0.05) is 19.3 Å². The normalized spacial score (nSPS) is 13.9. The van der Waals surface area contributed by atoms with Gasteiger partial charge in [0.2, 0.25) is 0 Å². The van der Waals surface area contributed by atoms with Crippen molar-refractivity contribution < 1.29 is 38.2 Å². The lowest BCUT2D eigenvalue weighted by molar-refractivity contribution is -0.887. The fourth-order valence-electron chi connectivity index (χ4n) is 5.81. The molecule has 0 heterocycles. The summed E-state index contributed by atoms with van der Waals surface area (Å²) in [4.78, 5) is 37.0. The number of hydrogen-bond donors (Lipinski definition) is 1. The third kappa shape index (κ3) is 37.8. The molecular formula is C50H82NO7+. The van der Waals surface area contributed by atoms with E-state index in [0.29, 0.717) is 25.7 Å². The number of aliphatic carboxylic acids is 1. The van der Waals surface area contributed by atoms with E-state index in [1.807, 2.05) is 33.3 Å². The summed E-state index contributed by atoms with van der Waals surface area (Å²) in [5.74, 6) is -1.57. The van der Waals surface area contributed by atoms with Crippen LogP contribution in [-0.4, -0.2) is 80.6 Å². The van der Waals surface area contributed by atoms with Crippen molar-refractivity contribution in [2.45, 2.75) is 161 Å². The number of carboxylic acids is 1. The summed E-state index contributed by atoms with van der Waals surface area (Å²) in [5, 5.41) is 9.62. The largest absolute Gasteiger partial charge is 0.477 e. The minimum atomic E-state index is -0.890. The number of allylic oxidation sites excluding steroid dienone is 16. The quantitative estimate of drug-likeness (QED) is 0.0218. The van der Waals surface area contributed by atoms with E-state index in [9.17, 15) is 19.5 Å². The van der Waals surface area contributed by atoms with Crippen LogP contribution in [0.1, 0.15) is 149 Å². The van der Waals surface area contributed by atoms with Crippen LogP contribution in [0.3, 0.4) is 0 Å². The van der Waals surface area contributed by atoms with Crippen LogP contribution < -0.4 is 0 Å². The second-order valence-electron chi connectivity index (χ2n) is 15.6. The molecular weight excluding hydrogens is 727 g/mol. The van der Waals surface area contributed by atoms with Gasteiger partial charge in [-0.05, 0) is 83.5 Å². The minimum absolute atomic E-state index is 0.0321. The highest BCUT2D eigenvalue weighted by Crippen LogP contribution is 2.12. The van der Waals surface area contributed by atoms with E-state index >= 15 is 0 Å². The van der Waals surface area contributed by atoms with Crippen molar-refractivity contribution in [2.75, 3.05) is 41.0 Å². The fourth-order valence-corrected chi connectivity index (χ4v) is 5.81. The zero-order chi connectivity index (χ0) is 42.8. The predicted octanol–water partition coefficient (Wildman–Crippen LogP) is 12.3.